The highest BCUT2D eigenvalue weighted by Crippen LogP contribution is 2.26. The average molecular weight is 277 g/mol. The van der Waals surface area contributed by atoms with E-state index >= 15 is 0 Å². The minimum atomic E-state index is 0.194. The first-order valence-corrected chi connectivity index (χ1v) is 7.32. The molecule has 2 N–H and O–H groups in total. The number of hydrogen-bond donors (Lipinski definition) is 2. The van der Waals surface area contributed by atoms with Crippen molar-refractivity contribution in [2.45, 2.75) is 26.9 Å². The molecule has 0 radical (unpaired) electrons. The summed E-state index contributed by atoms with van der Waals surface area (Å²) in [6.45, 7) is 6.21. The summed E-state index contributed by atoms with van der Waals surface area (Å²) in [4.78, 5) is 0. The van der Waals surface area contributed by atoms with Crippen LogP contribution in [0.1, 0.15) is 23.6 Å². The van der Waals surface area contributed by atoms with Gasteiger partial charge in [0.1, 0.15) is 0 Å². The second-order valence-corrected chi connectivity index (χ2v) is 5.16. The van der Waals surface area contributed by atoms with E-state index in [1.807, 2.05) is 19.1 Å². The van der Waals surface area contributed by atoms with E-state index in [0.717, 1.165) is 18.7 Å². The number of thiophene rings is 1. The number of aromatic hydroxyl groups is 1. The Morgan fingerprint density at radius 2 is 2.11 bits per heavy atom. The molecular weight excluding hydrogens is 258 g/mol. The maximum absolute atomic E-state index is 9.63. The van der Waals surface area contributed by atoms with Crippen molar-refractivity contribution in [2.24, 2.45) is 0 Å². The Hall–Kier alpha value is -1.52. The van der Waals surface area contributed by atoms with Crippen molar-refractivity contribution in [1.82, 2.24) is 5.32 Å². The number of aryl methyl sites for hydroxylation is 1. The van der Waals surface area contributed by atoms with Gasteiger partial charge in [-0.05, 0) is 53.4 Å². The second-order valence-electron chi connectivity index (χ2n) is 4.42. The predicted molar refractivity (Wildman–Crippen MR) is 78.9 cm³/mol. The Labute approximate surface area is 117 Å². The van der Waals surface area contributed by atoms with Crippen LogP contribution in [0, 0.1) is 6.92 Å². The summed E-state index contributed by atoms with van der Waals surface area (Å²) in [6, 6.07) is 5.47. The lowest BCUT2D eigenvalue weighted by molar-refractivity contribution is 0.317. The van der Waals surface area contributed by atoms with Gasteiger partial charge in [0.05, 0.1) is 6.61 Å². The predicted octanol–water partition coefficient (Wildman–Crippen LogP) is 3.45. The number of rotatable bonds is 6. The zero-order chi connectivity index (χ0) is 13.7. The van der Waals surface area contributed by atoms with E-state index in [9.17, 15) is 5.11 Å². The third kappa shape index (κ3) is 3.72. The van der Waals surface area contributed by atoms with Crippen LogP contribution in [0.4, 0.5) is 0 Å². The van der Waals surface area contributed by atoms with Crippen LogP contribution in [0.15, 0.2) is 29.0 Å². The molecule has 0 atom stereocenters. The summed E-state index contributed by atoms with van der Waals surface area (Å²) >= 11 is 1.73. The highest BCUT2D eigenvalue weighted by Gasteiger charge is 2.04. The third-order valence-corrected chi connectivity index (χ3v) is 3.84. The summed E-state index contributed by atoms with van der Waals surface area (Å²) < 4.78 is 5.37. The van der Waals surface area contributed by atoms with Gasteiger partial charge < -0.3 is 15.2 Å². The Kier molecular flexibility index (Phi) is 4.82. The minimum Gasteiger partial charge on any atom is -0.504 e. The van der Waals surface area contributed by atoms with E-state index in [4.69, 9.17) is 4.74 Å². The van der Waals surface area contributed by atoms with Crippen molar-refractivity contribution >= 4 is 11.3 Å². The van der Waals surface area contributed by atoms with Crippen LogP contribution in [0.2, 0.25) is 0 Å². The lowest BCUT2D eigenvalue weighted by Gasteiger charge is -2.09. The van der Waals surface area contributed by atoms with E-state index in [2.05, 4.69) is 23.0 Å². The van der Waals surface area contributed by atoms with E-state index in [0.29, 0.717) is 12.4 Å². The highest BCUT2D eigenvalue weighted by molar-refractivity contribution is 7.08. The first kappa shape index (κ1) is 13.9. The van der Waals surface area contributed by atoms with Gasteiger partial charge in [-0.25, -0.2) is 0 Å². The van der Waals surface area contributed by atoms with Crippen molar-refractivity contribution in [2.75, 3.05) is 6.61 Å². The maximum atomic E-state index is 9.63. The summed E-state index contributed by atoms with van der Waals surface area (Å²) in [5.74, 6) is 0.743. The van der Waals surface area contributed by atoms with Gasteiger partial charge in [-0.1, -0.05) is 6.07 Å². The number of nitrogens with one attached hydrogen (secondary N) is 1. The molecule has 0 spiro atoms. The number of ether oxygens (including phenoxy) is 1. The molecule has 3 nitrogen and oxygen atoms in total. The highest BCUT2D eigenvalue weighted by atomic mass is 32.1. The Morgan fingerprint density at radius 1 is 1.26 bits per heavy atom. The molecule has 2 rings (SSSR count). The number of phenolic OH excluding ortho intramolecular Hbond substituents is 1. The van der Waals surface area contributed by atoms with Gasteiger partial charge in [-0.15, -0.1) is 0 Å². The summed E-state index contributed by atoms with van der Waals surface area (Å²) in [6.07, 6.45) is 0. The fraction of sp³-hybridized carbons (Fsp3) is 0.333. The topological polar surface area (TPSA) is 41.5 Å². The molecular formula is C15H19NO2S. The largest absolute Gasteiger partial charge is 0.504 e. The molecule has 0 saturated carbocycles. The lowest BCUT2D eigenvalue weighted by Crippen LogP contribution is -2.12. The number of hydrogen-bond acceptors (Lipinski definition) is 4. The molecule has 0 aliphatic rings. The molecule has 1 heterocycles. The SMILES string of the molecule is CCOc1cc(CNCc2cscc2C)ccc1O. The first-order valence-electron chi connectivity index (χ1n) is 6.37. The van der Waals surface area contributed by atoms with Crippen molar-refractivity contribution < 1.29 is 9.84 Å². The van der Waals surface area contributed by atoms with Crippen molar-refractivity contribution in [1.29, 1.82) is 0 Å². The summed E-state index contributed by atoms with van der Waals surface area (Å²) in [5, 5.41) is 17.4. The van der Waals surface area contributed by atoms with Gasteiger partial charge in [-0.3, -0.25) is 0 Å². The summed E-state index contributed by atoms with van der Waals surface area (Å²) in [5.41, 5.74) is 3.78. The van der Waals surface area contributed by atoms with E-state index in [1.165, 1.54) is 11.1 Å². The van der Waals surface area contributed by atoms with Crippen LogP contribution in [0.3, 0.4) is 0 Å². The van der Waals surface area contributed by atoms with Crippen molar-refractivity contribution in [3.8, 4) is 11.5 Å². The molecule has 0 unspecified atom stereocenters. The second kappa shape index (κ2) is 6.59. The Morgan fingerprint density at radius 3 is 2.79 bits per heavy atom. The Bertz CT molecular complexity index is 537. The van der Waals surface area contributed by atoms with Crippen LogP contribution < -0.4 is 10.1 Å². The van der Waals surface area contributed by atoms with Gasteiger partial charge in [-0.2, -0.15) is 11.3 Å². The monoisotopic (exact) mass is 277 g/mol. The zero-order valence-electron chi connectivity index (χ0n) is 11.3. The average Bonchev–Trinajstić information content (AvgIpc) is 2.79. The summed E-state index contributed by atoms with van der Waals surface area (Å²) in [7, 11) is 0. The molecule has 0 bridgehead atoms. The zero-order valence-corrected chi connectivity index (χ0v) is 12.1. The maximum Gasteiger partial charge on any atom is 0.161 e. The standard InChI is InChI=1S/C15H19NO2S/c1-3-18-15-6-12(4-5-14(15)17)7-16-8-13-10-19-9-11(13)2/h4-6,9-10,16-17H,3,7-8H2,1-2H3. The fourth-order valence-electron chi connectivity index (χ4n) is 1.85. The van der Waals surface area contributed by atoms with Crippen molar-refractivity contribution in [3.63, 3.8) is 0 Å². The van der Waals surface area contributed by atoms with Crippen LogP contribution in [-0.4, -0.2) is 11.7 Å². The van der Waals surface area contributed by atoms with Crippen LogP contribution >= 0.6 is 11.3 Å². The van der Waals surface area contributed by atoms with E-state index < -0.39 is 0 Å². The minimum absolute atomic E-state index is 0.194. The Balaban J connectivity index is 1.92. The third-order valence-electron chi connectivity index (χ3n) is 2.93. The normalized spacial score (nSPS) is 10.6. The molecule has 0 aliphatic heterocycles. The molecule has 0 fully saturated rings. The van der Waals surface area contributed by atoms with Crippen LogP contribution in [0.5, 0.6) is 11.5 Å². The van der Waals surface area contributed by atoms with Gasteiger partial charge in [0.2, 0.25) is 0 Å². The molecule has 19 heavy (non-hydrogen) atoms. The van der Waals surface area contributed by atoms with E-state index in [-0.39, 0.29) is 5.75 Å². The molecule has 0 amide bonds. The van der Waals surface area contributed by atoms with Crippen LogP contribution in [-0.2, 0) is 13.1 Å². The fourth-order valence-corrected chi connectivity index (χ4v) is 2.71. The van der Waals surface area contributed by atoms with Gasteiger partial charge in [0.15, 0.2) is 11.5 Å². The first-order chi connectivity index (χ1) is 9.20. The molecule has 4 heteroatoms. The van der Waals surface area contributed by atoms with E-state index in [1.54, 1.807) is 17.4 Å². The quantitative estimate of drug-likeness (QED) is 0.849. The van der Waals surface area contributed by atoms with Gasteiger partial charge in [0.25, 0.3) is 0 Å². The molecule has 1 aromatic heterocycles. The number of phenols is 1. The smallest absolute Gasteiger partial charge is 0.161 e. The lowest BCUT2D eigenvalue weighted by atomic mass is 10.2. The van der Waals surface area contributed by atoms with Gasteiger partial charge in [0, 0.05) is 13.1 Å². The molecule has 1 aromatic carbocycles. The van der Waals surface area contributed by atoms with Crippen molar-refractivity contribution in [3.05, 3.63) is 45.6 Å². The van der Waals surface area contributed by atoms with Crippen LogP contribution in [0.25, 0.3) is 0 Å². The molecule has 0 saturated heterocycles. The molecule has 102 valence electrons. The van der Waals surface area contributed by atoms with Gasteiger partial charge >= 0.3 is 0 Å². The molecule has 0 aliphatic carbocycles. The molecule has 2 aromatic rings. The number of benzene rings is 1.